The number of anilines is 1. The molecule has 3 atom stereocenters. The molecule has 1 aromatic heterocycles. The molecule has 1 amide bonds. The van der Waals surface area contributed by atoms with Crippen LogP contribution in [-0.2, 0) is 21.2 Å². The smallest absolute Gasteiger partial charge is 0.410 e. The Labute approximate surface area is 197 Å². The molecule has 3 heterocycles. The summed E-state index contributed by atoms with van der Waals surface area (Å²) in [5, 5.41) is 0. The van der Waals surface area contributed by atoms with Gasteiger partial charge in [-0.25, -0.2) is 9.78 Å². The van der Waals surface area contributed by atoms with E-state index in [9.17, 15) is 4.79 Å². The zero-order valence-corrected chi connectivity index (χ0v) is 23.2. The Bertz CT molecular complexity index is 851. The Balaban J connectivity index is 1.91. The van der Waals surface area contributed by atoms with Crippen molar-refractivity contribution in [2.24, 2.45) is 11.3 Å². The van der Waals surface area contributed by atoms with Crippen molar-refractivity contribution in [2.75, 3.05) is 18.0 Å². The van der Waals surface area contributed by atoms with E-state index in [1.807, 2.05) is 25.7 Å². The lowest BCUT2D eigenvalue weighted by Crippen LogP contribution is -2.58. The molecule has 0 aromatic carbocycles. The number of amides is 1. The van der Waals surface area contributed by atoms with Gasteiger partial charge in [-0.05, 0) is 58.6 Å². The molecule has 0 N–H and O–H groups in total. The Morgan fingerprint density at radius 2 is 1.81 bits per heavy atom. The number of carbonyl (C=O) groups is 1. The first-order chi connectivity index (χ1) is 14.7. The zero-order valence-electron chi connectivity index (χ0n) is 21.8. The molecule has 2 aliphatic heterocycles. The van der Waals surface area contributed by atoms with Crippen molar-refractivity contribution < 1.29 is 14.0 Å². The maximum atomic E-state index is 12.7. The molecule has 1 unspecified atom stereocenters. The SMILES string of the molecule is C[SiH2]OC(C)(c1ccc2c(n1)N1[C@H](C2)CN(C(=O)OC(C)(C)C)C[C@H]1C)C(C)(C)C(C)C. The summed E-state index contributed by atoms with van der Waals surface area (Å²) < 4.78 is 12.2. The van der Waals surface area contributed by atoms with Crippen molar-refractivity contribution in [2.45, 2.75) is 98.6 Å². The first-order valence-corrected chi connectivity index (χ1v) is 14.1. The van der Waals surface area contributed by atoms with Crippen LogP contribution in [0.25, 0.3) is 0 Å². The van der Waals surface area contributed by atoms with Gasteiger partial charge in [-0.1, -0.05) is 40.3 Å². The van der Waals surface area contributed by atoms with Gasteiger partial charge in [0.2, 0.25) is 0 Å². The summed E-state index contributed by atoms with van der Waals surface area (Å²) in [5.74, 6) is 1.52. The number of aromatic nitrogens is 1. The average Bonchev–Trinajstić information content (AvgIpc) is 3.04. The third-order valence-corrected chi connectivity index (χ3v) is 8.55. The second-order valence-electron chi connectivity index (χ2n) is 11.5. The van der Waals surface area contributed by atoms with E-state index in [0.717, 1.165) is 17.9 Å². The molecule has 1 aromatic rings. The monoisotopic (exact) mass is 461 g/mol. The third-order valence-electron chi connectivity index (χ3n) is 7.69. The van der Waals surface area contributed by atoms with Crippen LogP contribution < -0.4 is 4.90 Å². The average molecular weight is 462 g/mol. The molecule has 0 aliphatic carbocycles. The number of ether oxygens (including phenoxy) is 1. The number of piperazine rings is 1. The minimum absolute atomic E-state index is 0.0592. The normalized spacial score (nSPS) is 23.5. The summed E-state index contributed by atoms with van der Waals surface area (Å²) in [4.78, 5) is 22.2. The first-order valence-electron chi connectivity index (χ1n) is 12.1. The van der Waals surface area contributed by atoms with Gasteiger partial charge in [-0.2, -0.15) is 0 Å². The Kier molecular flexibility index (Phi) is 6.75. The van der Waals surface area contributed by atoms with E-state index in [1.165, 1.54) is 5.56 Å². The van der Waals surface area contributed by atoms with Crippen LogP contribution in [0.15, 0.2) is 12.1 Å². The van der Waals surface area contributed by atoms with E-state index in [1.54, 1.807) is 0 Å². The lowest BCUT2D eigenvalue weighted by atomic mass is 9.67. The van der Waals surface area contributed by atoms with E-state index in [-0.39, 0.29) is 23.6 Å². The number of hydrogen-bond acceptors (Lipinski definition) is 5. The van der Waals surface area contributed by atoms with Crippen molar-refractivity contribution in [3.05, 3.63) is 23.4 Å². The van der Waals surface area contributed by atoms with Gasteiger partial charge < -0.3 is 19.0 Å². The fraction of sp³-hybridized carbons (Fsp3) is 0.760. The van der Waals surface area contributed by atoms with Gasteiger partial charge in [0.25, 0.3) is 0 Å². The van der Waals surface area contributed by atoms with E-state index in [0.29, 0.717) is 19.0 Å². The second kappa shape index (κ2) is 8.63. The van der Waals surface area contributed by atoms with Gasteiger partial charge >= 0.3 is 6.09 Å². The molecule has 6 nitrogen and oxygen atoms in total. The number of carbonyl (C=O) groups excluding carboxylic acids is 1. The van der Waals surface area contributed by atoms with Crippen molar-refractivity contribution in [3.63, 3.8) is 0 Å². The molecule has 2 aliphatic rings. The minimum atomic E-state index is -0.633. The number of fused-ring (bicyclic) bond motifs is 3. The predicted octanol–water partition coefficient (Wildman–Crippen LogP) is 4.50. The van der Waals surface area contributed by atoms with E-state index in [4.69, 9.17) is 14.1 Å². The lowest BCUT2D eigenvalue weighted by molar-refractivity contribution is -0.0612. The number of rotatable bonds is 5. The van der Waals surface area contributed by atoms with Crippen molar-refractivity contribution in [3.8, 4) is 0 Å². The Hall–Kier alpha value is -1.60. The zero-order chi connectivity index (χ0) is 24.1. The van der Waals surface area contributed by atoms with Crippen LogP contribution in [-0.4, -0.2) is 56.5 Å². The highest BCUT2D eigenvalue weighted by atomic mass is 28.2. The van der Waals surface area contributed by atoms with Crippen molar-refractivity contribution >= 4 is 21.7 Å². The molecule has 32 heavy (non-hydrogen) atoms. The van der Waals surface area contributed by atoms with Crippen molar-refractivity contribution in [1.82, 2.24) is 9.88 Å². The fourth-order valence-corrected chi connectivity index (χ4v) is 6.11. The summed E-state index contributed by atoms with van der Waals surface area (Å²) >= 11 is 0. The van der Waals surface area contributed by atoms with E-state index < -0.39 is 21.0 Å². The van der Waals surface area contributed by atoms with Crippen molar-refractivity contribution in [1.29, 1.82) is 0 Å². The summed E-state index contributed by atoms with van der Waals surface area (Å²) in [5.41, 5.74) is 1.30. The molecule has 0 radical (unpaired) electrons. The lowest BCUT2D eigenvalue weighted by Gasteiger charge is -2.47. The maximum Gasteiger partial charge on any atom is 0.410 e. The van der Waals surface area contributed by atoms with Gasteiger partial charge in [-0.3, -0.25) is 0 Å². The van der Waals surface area contributed by atoms with Crippen LogP contribution in [0, 0.1) is 11.3 Å². The molecule has 1 fully saturated rings. The standard InChI is InChI=1S/C25H43N3O3Si/c1-16(2)24(7,8)25(9,31-32-10)20-12-11-18-13-19-15-27(22(29)30-23(4,5)6)14-17(3)28(19)21(18)26-20/h11-12,16-17,19H,13-15,32H2,1-10H3/t17-,19-,25?/m1/s1. The van der Waals surface area contributed by atoms with Gasteiger partial charge in [0.05, 0.1) is 11.7 Å². The number of nitrogens with zero attached hydrogens (tertiary/aromatic N) is 3. The maximum absolute atomic E-state index is 12.7. The highest BCUT2D eigenvalue weighted by Crippen LogP contribution is 2.48. The highest BCUT2D eigenvalue weighted by Gasteiger charge is 2.48. The molecule has 3 rings (SSSR count). The molecular formula is C25H43N3O3Si. The van der Waals surface area contributed by atoms with Gasteiger partial charge in [0, 0.05) is 24.5 Å². The van der Waals surface area contributed by atoms with Crippen LogP contribution in [0.5, 0.6) is 0 Å². The van der Waals surface area contributed by atoms with Crippen LogP contribution in [0.3, 0.4) is 0 Å². The van der Waals surface area contributed by atoms with E-state index in [2.05, 4.69) is 65.1 Å². The summed E-state index contributed by atoms with van der Waals surface area (Å²) in [6.45, 7) is 22.8. The van der Waals surface area contributed by atoms with Crippen LogP contribution in [0.4, 0.5) is 10.6 Å². The number of pyridine rings is 1. The quantitative estimate of drug-likeness (QED) is 0.605. The predicted molar refractivity (Wildman–Crippen MR) is 133 cm³/mol. The Morgan fingerprint density at radius 3 is 2.38 bits per heavy atom. The molecule has 180 valence electrons. The third kappa shape index (κ3) is 4.43. The molecule has 0 bridgehead atoms. The largest absolute Gasteiger partial charge is 0.444 e. The van der Waals surface area contributed by atoms with Gasteiger partial charge in [0.15, 0.2) is 9.76 Å². The topological polar surface area (TPSA) is 54.9 Å². The molecule has 7 heteroatoms. The first kappa shape index (κ1) is 25.0. The summed E-state index contributed by atoms with van der Waals surface area (Å²) in [6, 6.07) is 4.81. The van der Waals surface area contributed by atoms with Crippen LogP contribution in [0.2, 0.25) is 6.55 Å². The summed E-state index contributed by atoms with van der Waals surface area (Å²) in [6.07, 6.45) is 0.682. The summed E-state index contributed by atoms with van der Waals surface area (Å²) in [7, 11) is -0.633. The second-order valence-corrected chi connectivity index (χ2v) is 12.4. The Morgan fingerprint density at radius 1 is 1.16 bits per heavy atom. The van der Waals surface area contributed by atoms with E-state index >= 15 is 0 Å². The molecule has 1 saturated heterocycles. The van der Waals surface area contributed by atoms with Gasteiger partial charge in [-0.15, -0.1) is 0 Å². The minimum Gasteiger partial charge on any atom is -0.444 e. The number of hydrogen-bond donors (Lipinski definition) is 0. The highest BCUT2D eigenvalue weighted by molar-refractivity contribution is 6.25. The van der Waals surface area contributed by atoms with Gasteiger partial charge in [0.1, 0.15) is 17.0 Å². The molecule has 0 spiro atoms. The fourth-order valence-electron chi connectivity index (χ4n) is 5.01. The van der Waals surface area contributed by atoms with Crippen LogP contribution >= 0.6 is 0 Å². The van der Waals surface area contributed by atoms with Crippen LogP contribution in [0.1, 0.15) is 73.6 Å². The molecule has 0 saturated carbocycles. The molecular weight excluding hydrogens is 418 g/mol.